The van der Waals surface area contributed by atoms with E-state index in [-0.39, 0.29) is 18.4 Å². The second-order valence-corrected chi connectivity index (χ2v) is 5.88. The maximum absolute atomic E-state index is 12.2. The molecule has 136 valence electrons. The van der Waals surface area contributed by atoms with Crippen molar-refractivity contribution in [2.24, 2.45) is 0 Å². The van der Waals surface area contributed by atoms with Crippen LogP contribution in [0.2, 0.25) is 0 Å². The Balaban J connectivity index is 1.45. The summed E-state index contributed by atoms with van der Waals surface area (Å²) in [5, 5.41) is 5.38. The average molecular weight is 360 g/mol. The highest BCUT2D eigenvalue weighted by atomic mass is 16.5. The van der Waals surface area contributed by atoms with E-state index in [0.29, 0.717) is 17.9 Å². The third-order valence-electron chi connectivity index (χ3n) is 3.84. The highest BCUT2D eigenvalue weighted by Crippen LogP contribution is 2.21. The molecule has 0 aliphatic rings. The zero-order chi connectivity index (χ0) is 18.9. The molecule has 0 aliphatic carbocycles. The Morgan fingerprint density at radius 2 is 1.30 bits per heavy atom. The van der Waals surface area contributed by atoms with Crippen molar-refractivity contribution in [2.75, 3.05) is 6.54 Å². The molecule has 0 spiro atoms. The summed E-state index contributed by atoms with van der Waals surface area (Å²) in [6.45, 7) is 0.356. The van der Waals surface area contributed by atoms with Crippen molar-refractivity contribution >= 4 is 11.8 Å². The van der Waals surface area contributed by atoms with Crippen LogP contribution in [-0.4, -0.2) is 18.4 Å². The number of rotatable bonds is 7. The first-order valence-corrected chi connectivity index (χ1v) is 8.62. The molecular formula is C22H20N2O3. The van der Waals surface area contributed by atoms with Gasteiger partial charge in [0, 0.05) is 12.1 Å². The molecule has 2 N–H and O–H groups in total. The van der Waals surface area contributed by atoms with Crippen molar-refractivity contribution in [1.82, 2.24) is 10.6 Å². The van der Waals surface area contributed by atoms with Gasteiger partial charge >= 0.3 is 0 Å². The van der Waals surface area contributed by atoms with Gasteiger partial charge < -0.3 is 15.4 Å². The molecule has 0 bridgehead atoms. The average Bonchev–Trinajstić information content (AvgIpc) is 2.72. The molecule has 3 aromatic rings. The topological polar surface area (TPSA) is 67.4 Å². The van der Waals surface area contributed by atoms with Crippen LogP contribution in [0.5, 0.6) is 11.5 Å². The third-order valence-corrected chi connectivity index (χ3v) is 3.84. The molecule has 0 atom stereocenters. The van der Waals surface area contributed by atoms with Gasteiger partial charge in [-0.1, -0.05) is 48.5 Å². The number of hydrogen-bond donors (Lipinski definition) is 2. The molecule has 0 aromatic heterocycles. The minimum Gasteiger partial charge on any atom is -0.457 e. The van der Waals surface area contributed by atoms with E-state index >= 15 is 0 Å². The van der Waals surface area contributed by atoms with Crippen LogP contribution < -0.4 is 15.4 Å². The van der Waals surface area contributed by atoms with Gasteiger partial charge in [0.25, 0.3) is 5.91 Å². The lowest BCUT2D eigenvalue weighted by Gasteiger charge is -2.08. The fourth-order valence-corrected chi connectivity index (χ4v) is 2.42. The number of amides is 2. The normalized spacial score (nSPS) is 10.1. The number of nitrogens with one attached hydrogen (secondary N) is 2. The van der Waals surface area contributed by atoms with E-state index in [1.165, 1.54) is 0 Å². The van der Waals surface area contributed by atoms with E-state index in [1.807, 2.05) is 60.7 Å². The zero-order valence-electron chi connectivity index (χ0n) is 14.7. The standard InChI is InChI=1S/C22H20N2O3/c25-21(23-15-17-7-3-1-4-8-17)16-24-22(26)18-11-13-20(14-12-18)27-19-9-5-2-6-10-19/h1-14H,15-16H2,(H,23,25)(H,24,26). The van der Waals surface area contributed by atoms with Crippen molar-refractivity contribution in [1.29, 1.82) is 0 Å². The molecule has 0 fully saturated rings. The van der Waals surface area contributed by atoms with Crippen LogP contribution in [0.25, 0.3) is 0 Å². The predicted octanol–water partition coefficient (Wildman–Crippen LogP) is 3.53. The number of hydrogen-bond acceptors (Lipinski definition) is 3. The fraction of sp³-hybridized carbons (Fsp3) is 0.0909. The summed E-state index contributed by atoms with van der Waals surface area (Å²) in [6.07, 6.45) is 0. The number of benzene rings is 3. The Morgan fingerprint density at radius 3 is 1.96 bits per heavy atom. The van der Waals surface area contributed by atoms with Gasteiger partial charge in [-0.05, 0) is 42.0 Å². The molecular weight excluding hydrogens is 340 g/mol. The highest BCUT2D eigenvalue weighted by Gasteiger charge is 2.08. The maximum Gasteiger partial charge on any atom is 0.251 e. The van der Waals surface area contributed by atoms with Gasteiger partial charge in [-0.15, -0.1) is 0 Å². The van der Waals surface area contributed by atoms with Crippen molar-refractivity contribution in [3.63, 3.8) is 0 Å². The van der Waals surface area contributed by atoms with E-state index in [0.717, 1.165) is 11.3 Å². The first-order chi connectivity index (χ1) is 13.2. The molecule has 0 saturated carbocycles. The Hall–Kier alpha value is -3.60. The predicted molar refractivity (Wildman–Crippen MR) is 104 cm³/mol. The molecule has 27 heavy (non-hydrogen) atoms. The van der Waals surface area contributed by atoms with E-state index in [1.54, 1.807) is 24.3 Å². The summed E-state index contributed by atoms with van der Waals surface area (Å²) in [4.78, 5) is 24.0. The van der Waals surface area contributed by atoms with Crippen LogP contribution in [-0.2, 0) is 11.3 Å². The van der Waals surface area contributed by atoms with Gasteiger partial charge in [0.1, 0.15) is 11.5 Å². The van der Waals surface area contributed by atoms with Gasteiger partial charge in [0.15, 0.2) is 0 Å². The number of para-hydroxylation sites is 1. The molecule has 0 saturated heterocycles. The minimum atomic E-state index is -0.309. The molecule has 0 unspecified atom stereocenters. The number of carbonyl (C=O) groups excluding carboxylic acids is 2. The van der Waals surface area contributed by atoms with Crippen LogP contribution in [0.1, 0.15) is 15.9 Å². The molecule has 5 nitrogen and oxygen atoms in total. The largest absolute Gasteiger partial charge is 0.457 e. The molecule has 3 aromatic carbocycles. The molecule has 0 aliphatic heterocycles. The first kappa shape index (κ1) is 18.2. The van der Waals surface area contributed by atoms with Crippen LogP contribution in [0, 0.1) is 0 Å². The van der Waals surface area contributed by atoms with Gasteiger partial charge in [0.05, 0.1) is 6.54 Å². The Labute approximate surface area is 158 Å². The van der Waals surface area contributed by atoms with Crippen molar-refractivity contribution < 1.29 is 14.3 Å². The second kappa shape index (κ2) is 9.20. The van der Waals surface area contributed by atoms with E-state index in [4.69, 9.17) is 4.74 Å². The van der Waals surface area contributed by atoms with Crippen LogP contribution >= 0.6 is 0 Å². The Morgan fingerprint density at radius 1 is 0.704 bits per heavy atom. The highest BCUT2D eigenvalue weighted by molar-refractivity contribution is 5.96. The Kier molecular flexibility index (Phi) is 6.20. The van der Waals surface area contributed by atoms with Crippen LogP contribution in [0.4, 0.5) is 0 Å². The summed E-state index contributed by atoms with van der Waals surface area (Å²) < 4.78 is 5.69. The summed E-state index contributed by atoms with van der Waals surface area (Å²) in [7, 11) is 0. The SMILES string of the molecule is O=C(CNC(=O)c1ccc(Oc2ccccc2)cc1)NCc1ccccc1. The smallest absolute Gasteiger partial charge is 0.251 e. The lowest BCUT2D eigenvalue weighted by atomic mass is 10.2. The summed E-state index contributed by atoms with van der Waals surface area (Å²) in [6, 6.07) is 25.8. The van der Waals surface area contributed by atoms with Crippen molar-refractivity contribution in [3.8, 4) is 11.5 Å². The molecule has 0 heterocycles. The summed E-state index contributed by atoms with van der Waals surface area (Å²) in [5.41, 5.74) is 1.47. The van der Waals surface area contributed by atoms with Crippen LogP contribution in [0.3, 0.4) is 0 Å². The van der Waals surface area contributed by atoms with Crippen molar-refractivity contribution in [3.05, 3.63) is 96.1 Å². The minimum absolute atomic E-state index is 0.0755. The van der Waals surface area contributed by atoms with Gasteiger partial charge in [0.2, 0.25) is 5.91 Å². The van der Waals surface area contributed by atoms with Crippen molar-refractivity contribution in [2.45, 2.75) is 6.54 Å². The third kappa shape index (κ3) is 5.71. The van der Waals surface area contributed by atoms with Gasteiger partial charge in [-0.25, -0.2) is 0 Å². The lowest BCUT2D eigenvalue weighted by Crippen LogP contribution is -2.36. The Bertz CT molecular complexity index is 878. The molecule has 5 heteroatoms. The molecule has 0 radical (unpaired) electrons. The number of carbonyl (C=O) groups is 2. The molecule has 3 rings (SSSR count). The molecule has 2 amide bonds. The maximum atomic E-state index is 12.2. The van der Waals surface area contributed by atoms with Crippen LogP contribution in [0.15, 0.2) is 84.9 Å². The van der Waals surface area contributed by atoms with Gasteiger partial charge in [-0.2, -0.15) is 0 Å². The quantitative estimate of drug-likeness (QED) is 0.677. The monoisotopic (exact) mass is 360 g/mol. The second-order valence-electron chi connectivity index (χ2n) is 5.88. The first-order valence-electron chi connectivity index (χ1n) is 8.62. The fourth-order valence-electron chi connectivity index (χ4n) is 2.42. The summed E-state index contributed by atoms with van der Waals surface area (Å²) >= 11 is 0. The lowest BCUT2D eigenvalue weighted by molar-refractivity contribution is -0.120. The summed E-state index contributed by atoms with van der Waals surface area (Å²) in [5.74, 6) is 0.815. The van der Waals surface area contributed by atoms with E-state index in [9.17, 15) is 9.59 Å². The van der Waals surface area contributed by atoms with E-state index < -0.39 is 0 Å². The van der Waals surface area contributed by atoms with Gasteiger partial charge in [-0.3, -0.25) is 9.59 Å². The van der Waals surface area contributed by atoms with E-state index in [2.05, 4.69) is 10.6 Å². The number of ether oxygens (including phenoxy) is 1. The zero-order valence-corrected chi connectivity index (χ0v) is 14.7.